The Kier molecular flexibility index (Phi) is 6.39. The van der Waals surface area contributed by atoms with Crippen molar-refractivity contribution in [3.8, 4) is 5.75 Å². The van der Waals surface area contributed by atoms with Crippen LogP contribution in [0.3, 0.4) is 0 Å². The highest BCUT2D eigenvalue weighted by Gasteiger charge is 2.03. The summed E-state index contributed by atoms with van der Waals surface area (Å²) in [5.41, 5.74) is 3.71. The van der Waals surface area contributed by atoms with Crippen LogP contribution in [0.15, 0.2) is 42.5 Å². The van der Waals surface area contributed by atoms with Gasteiger partial charge >= 0.3 is 6.03 Å². The van der Waals surface area contributed by atoms with Gasteiger partial charge in [-0.2, -0.15) is 0 Å². The number of hydrogen-bond donors (Lipinski definition) is 3. The number of rotatable bonds is 6. The number of urea groups is 1. The van der Waals surface area contributed by atoms with Crippen LogP contribution in [-0.4, -0.2) is 25.1 Å². The first-order chi connectivity index (χ1) is 11.9. The number of anilines is 2. The SMILES string of the molecule is CC(=O)Nc1ccc(NC(=O)NCCOc2ccc(C)c(C)c2)cc1. The molecule has 6 heteroatoms. The molecule has 2 aromatic rings. The molecule has 2 aromatic carbocycles. The van der Waals surface area contributed by atoms with Crippen LogP contribution in [0.25, 0.3) is 0 Å². The molecule has 0 spiro atoms. The highest BCUT2D eigenvalue weighted by Crippen LogP contribution is 2.16. The Morgan fingerprint density at radius 3 is 2.16 bits per heavy atom. The van der Waals surface area contributed by atoms with Crippen LogP contribution in [-0.2, 0) is 4.79 Å². The Morgan fingerprint density at radius 1 is 0.920 bits per heavy atom. The molecule has 0 aliphatic rings. The second kappa shape index (κ2) is 8.73. The molecule has 3 N–H and O–H groups in total. The molecule has 2 rings (SSSR count). The van der Waals surface area contributed by atoms with E-state index in [1.54, 1.807) is 24.3 Å². The van der Waals surface area contributed by atoms with E-state index in [2.05, 4.69) is 16.0 Å². The number of amides is 3. The fraction of sp³-hybridized carbons (Fsp3) is 0.263. The van der Waals surface area contributed by atoms with Gasteiger partial charge in [0.1, 0.15) is 12.4 Å². The van der Waals surface area contributed by atoms with Gasteiger partial charge in [0.2, 0.25) is 5.91 Å². The number of nitrogens with one attached hydrogen (secondary N) is 3. The fourth-order valence-corrected chi connectivity index (χ4v) is 2.15. The van der Waals surface area contributed by atoms with Gasteiger partial charge in [0.25, 0.3) is 0 Å². The predicted octanol–water partition coefficient (Wildman–Crippen LogP) is 3.46. The van der Waals surface area contributed by atoms with E-state index < -0.39 is 0 Å². The van der Waals surface area contributed by atoms with E-state index in [0.717, 1.165) is 5.75 Å². The second-order valence-corrected chi connectivity index (χ2v) is 5.73. The third kappa shape index (κ3) is 6.18. The number of carbonyl (C=O) groups is 2. The van der Waals surface area contributed by atoms with Gasteiger partial charge in [-0.15, -0.1) is 0 Å². The molecule has 0 saturated carbocycles. The maximum Gasteiger partial charge on any atom is 0.319 e. The summed E-state index contributed by atoms with van der Waals surface area (Å²) < 4.78 is 5.61. The van der Waals surface area contributed by atoms with Crippen LogP contribution in [0.5, 0.6) is 5.75 Å². The summed E-state index contributed by atoms with van der Waals surface area (Å²) in [7, 11) is 0. The van der Waals surface area contributed by atoms with Crippen LogP contribution in [0.2, 0.25) is 0 Å². The van der Waals surface area contributed by atoms with Crippen LogP contribution < -0.4 is 20.7 Å². The molecule has 0 unspecified atom stereocenters. The normalized spacial score (nSPS) is 10.0. The van der Waals surface area contributed by atoms with Crippen molar-refractivity contribution < 1.29 is 14.3 Å². The number of aryl methyl sites for hydroxylation is 2. The van der Waals surface area contributed by atoms with Crippen molar-refractivity contribution in [2.45, 2.75) is 20.8 Å². The van der Waals surface area contributed by atoms with Gasteiger partial charge in [0.15, 0.2) is 0 Å². The zero-order valence-corrected chi connectivity index (χ0v) is 14.7. The topological polar surface area (TPSA) is 79.5 Å². The zero-order valence-electron chi connectivity index (χ0n) is 14.7. The van der Waals surface area contributed by atoms with Crippen molar-refractivity contribution in [2.24, 2.45) is 0 Å². The summed E-state index contributed by atoms with van der Waals surface area (Å²) in [5, 5.41) is 8.12. The minimum absolute atomic E-state index is 0.137. The lowest BCUT2D eigenvalue weighted by Crippen LogP contribution is -2.32. The van der Waals surface area contributed by atoms with Crippen LogP contribution in [0.1, 0.15) is 18.1 Å². The van der Waals surface area contributed by atoms with Crippen molar-refractivity contribution in [3.63, 3.8) is 0 Å². The Balaban J connectivity index is 1.71. The molecular formula is C19H23N3O3. The fourth-order valence-electron chi connectivity index (χ4n) is 2.15. The third-order valence-corrected chi connectivity index (χ3v) is 3.60. The van der Waals surface area contributed by atoms with Gasteiger partial charge in [0.05, 0.1) is 6.54 Å². The second-order valence-electron chi connectivity index (χ2n) is 5.73. The molecule has 132 valence electrons. The summed E-state index contributed by atoms with van der Waals surface area (Å²) in [6.07, 6.45) is 0. The van der Waals surface area contributed by atoms with Gasteiger partial charge in [-0.05, 0) is 61.4 Å². The third-order valence-electron chi connectivity index (χ3n) is 3.60. The average molecular weight is 341 g/mol. The van der Waals surface area contributed by atoms with Crippen LogP contribution in [0.4, 0.5) is 16.2 Å². The summed E-state index contributed by atoms with van der Waals surface area (Å²) in [6.45, 7) is 6.30. The monoisotopic (exact) mass is 341 g/mol. The largest absolute Gasteiger partial charge is 0.492 e. The van der Waals surface area contributed by atoms with Crippen molar-refractivity contribution in [2.75, 3.05) is 23.8 Å². The lowest BCUT2D eigenvalue weighted by atomic mass is 10.1. The van der Waals surface area contributed by atoms with E-state index in [-0.39, 0.29) is 11.9 Å². The van der Waals surface area contributed by atoms with Gasteiger partial charge < -0.3 is 20.7 Å². The van der Waals surface area contributed by atoms with Gasteiger partial charge in [0, 0.05) is 18.3 Å². The smallest absolute Gasteiger partial charge is 0.319 e. The summed E-state index contributed by atoms with van der Waals surface area (Å²) >= 11 is 0. The van der Waals surface area contributed by atoms with E-state index in [1.807, 2.05) is 32.0 Å². The quantitative estimate of drug-likeness (QED) is 0.704. The number of carbonyl (C=O) groups excluding carboxylic acids is 2. The highest BCUT2D eigenvalue weighted by molar-refractivity contribution is 5.91. The van der Waals surface area contributed by atoms with Crippen molar-refractivity contribution in [1.82, 2.24) is 5.32 Å². The molecule has 0 aliphatic heterocycles. The molecule has 0 aliphatic carbocycles. The molecule has 6 nitrogen and oxygen atoms in total. The molecule has 0 fully saturated rings. The first-order valence-corrected chi connectivity index (χ1v) is 8.06. The Labute approximate surface area is 147 Å². The van der Waals surface area contributed by atoms with E-state index >= 15 is 0 Å². The summed E-state index contributed by atoms with van der Waals surface area (Å²) in [6, 6.07) is 12.5. The van der Waals surface area contributed by atoms with Crippen LogP contribution >= 0.6 is 0 Å². The Morgan fingerprint density at radius 2 is 1.56 bits per heavy atom. The maximum absolute atomic E-state index is 11.8. The lowest BCUT2D eigenvalue weighted by Gasteiger charge is -2.10. The number of benzene rings is 2. The van der Waals surface area contributed by atoms with Gasteiger partial charge in [-0.25, -0.2) is 4.79 Å². The Bertz CT molecular complexity index is 742. The van der Waals surface area contributed by atoms with E-state index in [1.165, 1.54) is 18.1 Å². The molecule has 0 aromatic heterocycles. The van der Waals surface area contributed by atoms with Crippen molar-refractivity contribution in [1.29, 1.82) is 0 Å². The molecule has 0 bridgehead atoms. The van der Waals surface area contributed by atoms with Crippen LogP contribution in [0, 0.1) is 13.8 Å². The van der Waals surface area contributed by atoms with E-state index in [9.17, 15) is 9.59 Å². The molecule has 3 amide bonds. The number of hydrogen-bond acceptors (Lipinski definition) is 3. The molecule has 0 radical (unpaired) electrons. The van der Waals surface area contributed by atoms with Crippen molar-refractivity contribution >= 4 is 23.3 Å². The van der Waals surface area contributed by atoms with E-state index in [4.69, 9.17) is 4.74 Å². The molecule has 0 atom stereocenters. The van der Waals surface area contributed by atoms with Crippen molar-refractivity contribution in [3.05, 3.63) is 53.6 Å². The van der Waals surface area contributed by atoms with Gasteiger partial charge in [-0.1, -0.05) is 6.07 Å². The first kappa shape index (κ1) is 18.3. The zero-order chi connectivity index (χ0) is 18.2. The number of ether oxygens (including phenoxy) is 1. The molecule has 25 heavy (non-hydrogen) atoms. The molecular weight excluding hydrogens is 318 g/mol. The molecule has 0 saturated heterocycles. The standard InChI is InChI=1S/C19H23N3O3/c1-13-4-9-18(12-14(13)2)25-11-10-20-19(24)22-17-7-5-16(6-8-17)21-15(3)23/h4-9,12H,10-11H2,1-3H3,(H,21,23)(H2,20,22,24). The predicted molar refractivity (Wildman–Crippen MR) is 99.2 cm³/mol. The highest BCUT2D eigenvalue weighted by atomic mass is 16.5. The first-order valence-electron chi connectivity index (χ1n) is 8.06. The lowest BCUT2D eigenvalue weighted by molar-refractivity contribution is -0.114. The molecule has 0 heterocycles. The minimum Gasteiger partial charge on any atom is -0.492 e. The summed E-state index contributed by atoms with van der Waals surface area (Å²) in [4.78, 5) is 22.8. The maximum atomic E-state index is 11.8. The summed E-state index contributed by atoms with van der Waals surface area (Å²) in [5.74, 6) is 0.654. The van der Waals surface area contributed by atoms with Gasteiger partial charge in [-0.3, -0.25) is 4.79 Å². The van der Waals surface area contributed by atoms with E-state index in [0.29, 0.717) is 24.5 Å². The average Bonchev–Trinajstić information content (AvgIpc) is 2.56. The minimum atomic E-state index is -0.309. The Hall–Kier alpha value is -3.02.